The quantitative estimate of drug-likeness (QED) is 0.912. The first kappa shape index (κ1) is 17.0. The van der Waals surface area contributed by atoms with Gasteiger partial charge in [0.2, 0.25) is 11.8 Å². The van der Waals surface area contributed by atoms with E-state index in [0.717, 1.165) is 23.4 Å². The minimum Gasteiger partial charge on any atom is -0.373 e. The van der Waals surface area contributed by atoms with Gasteiger partial charge in [-0.1, -0.05) is 36.4 Å². The van der Waals surface area contributed by atoms with Crippen LogP contribution in [0.1, 0.15) is 12.0 Å². The fourth-order valence-electron chi connectivity index (χ4n) is 3.00. The molecule has 5 nitrogen and oxygen atoms in total. The maximum atomic E-state index is 12.7. The molecular formula is C20H23N3O2. The van der Waals surface area contributed by atoms with Crippen molar-refractivity contribution >= 4 is 23.2 Å². The van der Waals surface area contributed by atoms with Gasteiger partial charge in [0.15, 0.2) is 0 Å². The summed E-state index contributed by atoms with van der Waals surface area (Å²) < 4.78 is 0. The van der Waals surface area contributed by atoms with E-state index in [0.29, 0.717) is 13.0 Å². The van der Waals surface area contributed by atoms with Crippen LogP contribution in [0.25, 0.3) is 0 Å². The molecule has 2 amide bonds. The second-order valence-electron chi connectivity index (χ2n) is 6.43. The third-order valence-electron chi connectivity index (χ3n) is 4.46. The second kappa shape index (κ2) is 7.38. The number of rotatable bonds is 5. The number of nitrogens with one attached hydrogen (secondary N) is 1. The van der Waals surface area contributed by atoms with Gasteiger partial charge in [-0.15, -0.1) is 0 Å². The lowest BCUT2D eigenvalue weighted by atomic mass is 10.1. The molecule has 0 bridgehead atoms. The Morgan fingerprint density at radius 3 is 2.52 bits per heavy atom. The summed E-state index contributed by atoms with van der Waals surface area (Å²) in [5, 5.41) is 3.34. The zero-order valence-corrected chi connectivity index (χ0v) is 14.6. The molecule has 1 N–H and O–H groups in total. The van der Waals surface area contributed by atoms with E-state index in [-0.39, 0.29) is 17.9 Å². The van der Waals surface area contributed by atoms with Gasteiger partial charge in [-0.3, -0.25) is 9.59 Å². The van der Waals surface area contributed by atoms with E-state index < -0.39 is 0 Å². The molecule has 2 aromatic rings. The molecule has 3 rings (SSSR count). The number of hydrogen-bond donors (Lipinski definition) is 1. The first-order valence-electron chi connectivity index (χ1n) is 8.47. The molecule has 0 radical (unpaired) electrons. The number of nitrogens with zero attached hydrogens (tertiary/aromatic N) is 2. The molecule has 1 aliphatic heterocycles. The summed E-state index contributed by atoms with van der Waals surface area (Å²) in [6.07, 6.45) is 1.06. The van der Waals surface area contributed by atoms with Gasteiger partial charge in [0, 0.05) is 32.0 Å². The monoisotopic (exact) mass is 337 g/mol. The third kappa shape index (κ3) is 3.82. The molecule has 0 saturated carbocycles. The molecule has 25 heavy (non-hydrogen) atoms. The normalized spacial score (nSPS) is 16.8. The lowest BCUT2D eigenvalue weighted by Crippen LogP contribution is -2.33. The Morgan fingerprint density at radius 1 is 1.12 bits per heavy atom. The van der Waals surface area contributed by atoms with Crippen molar-refractivity contribution in [2.24, 2.45) is 0 Å². The molecule has 0 aromatic heterocycles. The molecule has 1 saturated heterocycles. The molecule has 1 aliphatic rings. The Balaban J connectivity index is 1.73. The van der Waals surface area contributed by atoms with Crippen LogP contribution in [0.4, 0.5) is 11.4 Å². The standard InChI is InChI=1S/C20H23N3O2/c1-22(2)19(24)14-15-8-6-7-11-17(15)21-18-12-13-23(20(18)25)16-9-4-3-5-10-16/h3-11,18,21H,12-14H2,1-2H3. The van der Waals surface area contributed by atoms with Crippen LogP contribution in [0.3, 0.4) is 0 Å². The number of para-hydroxylation sites is 2. The molecule has 1 atom stereocenters. The van der Waals surface area contributed by atoms with Gasteiger partial charge in [-0.05, 0) is 30.2 Å². The molecule has 1 unspecified atom stereocenters. The molecule has 5 heteroatoms. The van der Waals surface area contributed by atoms with E-state index in [1.54, 1.807) is 19.0 Å². The molecular weight excluding hydrogens is 314 g/mol. The van der Waals surface area contributed by atoms with E-state index >= 15 is 0 Å². The van der Waals surface area contributed by atoms with E-state index in [1.165, 1.54) is 0 Å². The highest BCUT2D eigenvalue weighted by Crippen LogP contribution is 2.25. The van der Waals surface area contributed by atoms with Crippen molar-refractivity contribution < 1.29 is 9.59 Å². The lowest BCUT2D eigenvalue weighted by molar-refractivity contribution is -0.127. The molecule has 2 aromatic carbocycles. The number of anilines is 2. The number of likely N-dealkylation sites (N-methyl/N-ethyl adjacent to an activating group) is 1. The van der Waals surface area contributed by atoms with Gasteiger partial charge in [-0.25, -0.2) is 0 Å². The highest BCUT2D eigenvalue weighted by Gasteiger charge is 2.32. The van der Waals surface area contributed by atoms with Crippen molar-refractivity contribution in [3.63, 3.8) is 0 Å². The molecule has 130 valence electrons. The SMILES string of the molecule is CN(C)C(=O)Cc1ccccc1NC1CCN(c2ccccc2)C1=O. The van der Waals surface area contributed by atoms with E-state index in [2.05, 4.69) is 5.32 Å². The average Bonchev–Trinajstić information content (AvgIpc) is 2.98. The summed E-state index contributed by atoms with van der Waals surface area (Å²) in [5.41, 5.74) is 2.69. The number of hydrogen-bond acceptors (Lipinski definition) is 3. The maximum absolute atomic E-state index is 12.7. The molecule has 1 fully saturated rings. The van der Waals surface area contributed by atoms with Gasteiger partial charge >= 0.3 is 0 Å². The summed E-state index contributed by atoms with van der Waals surface area (Å²) >= 11 is 0. The Labute approximate surface area is 148 Å². The van der Waals surface area contributed by atoms with Crippen LogP contribution < -0.4 is 10.2 Å². The van der Waals surface area contributed by atoms with Gasteiger partial charge in [0.05, 0.1) is 6.42 Å². The average molecular weight is 337 g/mol. The summed E-state index contributed by atoms with van der Waals surface area (Å²) in [6.45, 7) is 0.694. The Bertz CT molecular complexity index is 759. The number of amides is 2. The predicted octanol–water partition coefficient (Wildman–Crippen LogP) is 2.53. The summed E-state index contributed by atoms with van der Waals surface area (Å²) in [7, 11) is 3.49. The van der Waals surface area contributed by atoms with Crippen LogP contribution in [-0.4, -0.2) is 43.4 Å². The number of carbonyl (C=O) groups excluding carboxylic acids is 2. The van der Waals surface area contributed by atoms with Crippen LogP contribution in [0.15, 0.2) is 54.6 Å². The van der Waals surface area contributed by atoms with Crippen molar-refractivity contribution in [3.05, 3.63) is 60.2 Å². The molecule has 0 spiro atoms. The zero-order chi connectivity index (χ0) is 17.8. The van der Waals surface area contributed by atoms with Crippen molar-refractivity contribution in [2.45, 2.75) is 18.9 Å². The number of carbonyl (C=O) groups is 2. The first-order valence-corrected chi connectivity index (χ1v) is 8.47. The Morgan fingerprint density at radius 2 is 1.80 bits per heavy atom. The van der Waals surface area contributed by atoms with Gasteiger partial charge in [-0.2, -0.15) is 0 Å². The van der Waals surface area contributed by atoms with E-state index in [1.807, 2.05) is 59.5 Å². The van der Waals surface area contributed by atoms with Crippen molar-refractivity contribution in [2.75, 3.05) is 30.9 Å². The lowest BCUT2D eigenvalue weighted by Gasteiger charge is -2.19. The van der Waals surface area contributed by atoms with Crippen LogP contribution in [0.2, 0.25) is 0 Å². The van der Waals surface area contributed by atoms with Crippen LogP contribution in [-0.2, 0) is 16.0 Å². The van der Waals surface area contributed by atoms with Crippen molar-refractivity contribution in [1.82, 2.24) is 4.90 Å². The summed E-state index contributed by atoms with van der Waals surface area (Å²) in [5.74, 6) is 0.109. The van der Waals surface area contributed by atoms with E-state index in [4.69, 9.17) is 0 Å². The van der Waals surface area contributed by atoms with Crippen molar-refractivity contribution in [3.8, 4) is 0 Å². The van der Waals surface area contributed by atoms with Crippen LogP contribution >= 0.6 is 0 Å². The Hall–Kier alpha value is -2.82. The fourth-order valence-corrected chi connectivity index (χ4v) is 3.00. The molecule has 1 heterocycles. The zero-order valence-electron chi connectivity index (χ0n) is 14.6. The van der Waals surface area contributed by atoms with Gasteiger partial charge < -0.3 is 15.1 Å². The van der Waals surface area contributed by atoms with Gasteiger partial charge in [0.25, 0.3) is 0 Å². The van der Waals surface area contributed by atoms with Crippen molar-refractivity contribution in [1.29, 1.82) is 0 Å². The fraction of sp³-hybridized carbons (Fsp3) is 0.300. The molecule has 0 aliphatic carbocycles. The highest BCUT2D eigenvalue weighted by atomic mass is 16.2. The van der Waals surface area contributed by atoms with Crippen LogP contribution in [0.5, 0.6) is 0 Å². The maximum Gasteiger partial charge on any atom is 0.249 e. The topological polar surface area (TPSA) is 52.7 Å². The first-order chi connectivity index (χ1) is 12.1. The smallest absolute Gasteiger partial charge is 0.249 e. The minimum absolute atomic E-state index is 0.0397. The predicted molar refractivity (Wildman–Crippen MR) is 99.7 cm³/mol. The largest absolute Gasteiger partial charge is 0.373 e. The van der Waals surface area contributed by atoms with Gasteiger partial charge in [0.1, 0.15) is 6.04 Å². The third-order valence-corrected chi connectivity index (χ3v) is 4.46. The second-order valence-corrected chi connectivity index (χ2v) is 6.43. The number of benzene rings is 2. The minimum atomic E-state index is -0.268. The van der Waals surface area contributed by atoms with E-state index in [9.17, 15) is 9.59 Å². The summed E-state index contributed by atoms with van der Waals surface area (Å²) in [4.78, 5) is 28.2. The highest BCUT2D eigenvalue weighted by molar-refractivity contribution is 6.01. The Kier molecular flexibility index (Phi) is 5.03. The summed E-state index contributed by atoms with van der Waals surface area (Å²) in [6, 6.07) is 17.1. The van der Waals surface area contributed by atoms with Crippen LogP contribution in [0, 0.1) is 0 Å².